The number of ether oxygens (including phenoxy) is 1. The van der Waals surface area contributed by atoms with Gasteiger partial charge in [-0.2, -0.15) is 0 Å². The molecule has 4 rings (SSSR count). The molecular weight excluding hydrogens is 526 g/mol. The molecule has 1 aromatic rings. The minimum atomic E-state index is -0.715. The molecule has 1 spiro atoms. The van der Waals surface area contributed by atoms with E-state index < -0.39 is 22.6 Å². The number of anilines is 1. The second-order valence-corrected chi connectivity index (χ2v) is 12.6. The highest BCUT2D eigenvalue weighted by atomic mass is 32.2. The third kappa shape index (κ3) is 5.07. The number of hydrogen-bond acceptors (Lipinski definition) is 6. The molecule has 40 heavy (non-hydrogen) atoms. The highest BCUT2D eigenvalue weighted by Gasteiger charge is 2.76. The first-order valence-electron chi connectivity index (χ1n) is 14.4. The van der Waals surface area contributed by atoms with Gasteiger partial charge >= 0.3 is 0 Å². The average Bonchev–Trinajstić information content (AvgIpc) is 3.55. The Morgan fingerprint density at radius 1 is 1.18 bits per heavy atom. The number of carbonyl (C=O) groups is 3. The van der Waals surface area contributed by atoms with Crippen molar-refractivity contribution in [2.75, 3.05) is 44.8 Å². The van der Waals surface area contributed by atoms with E-state index >= 15 is 0 Å². The summed E-state index contributed by atoms with van der Waals surface area (Å²) in [7, 11) is 1.60. The fourth-order valence-electron chi connectivity index (χ4n) is 7.00. The van der Waals surface area contributed by atoms with Gasteiger partial charge in [-0.1, -0.05) is 26.0 Å². The first kappa shape index (κ1) is 30.2. The predicted molar refractivity (Wildman–Crippen MR) is 159 cm³/mol. The van der Waals surface area contributed by atoms with Crippen molar-refractivity contribution >= 4 is 35.2 Å². The molecule has 6 atom stereocenters. The van der Waals surface area contributed by atoms with Crippen LogP contribution in [0.15, 0.2) is 49.6 Å². The Hall–Kier alpha value is -2.78. The molecule has 1 aromatic carbocycles. The fourth-order valence-corrected chi connectivity index (χ4v) is 9.41. The average molecular weight is 570 g/mol. The largest absolute Gasteiger partial charge is 0.497 e. The molecule has 0 saturated carbocycles. The van der Waals surface area contributed by atoms with Crippen LogP contribution in [0.25, 0.3) is 0 Å². The minimum Gasteiger partial charge on any atom is -0.497 e. The summed E-state index contributed by atoms with van der Waals surface area (Å²) in [5, 5.41) is 9.44. The number of benzene rings is 1. The maximum Gasteiger partial charge on any atom is 0.251 e. The van der Waals surface area contributed by atoms with Gasteiger partial charge in [0.1, 0.15) is 11.8 Å². The smallest absolute Gasteiger partial charge is 0.251 e. The number of hydrogen-bond donors (Lipinski definition) is 1. The van der Waals surface area contributed by atoms with Gasteiger partial charge in [0, 0.05) is 43.7 Å². The number of amides is 3. The van der Waals surface area contributed by atoms with Crippen LogP contribution in [0.3, 0.4) is 0 Å². The van der Waals surface area contributed by atoms with Crippen LogP contribution in [0.2, 0.25) is 0 Å². The van der Waals surface area contributed by atoms with Crippen molar-refractivity contribution in [1.82, 2.24) is 9.80 Å². The van der Waals surface area contributed by atoms with Crippen LogP contribution in [0.4, 0.5) is 5.69 Å². The molecule has 0 aromatic heterocycles. The van der Waals surface area contributed by atoms with Crippen molar-refractivity contribution in [3.8, 4) is 5.75 Å². The van der Waals surface area contributed by atoms with Crippen LogP contribution >= 0.6 is 11.8 Å². The fraction of sp³-hybridized carbons (Fsp3) is 0.581. The first-order chi connectivity index (χ1) is 19.3. The van der Waals surface area contributed by atoms with Crippen LogP contribution in [-0.4, -0.2) is 88.6 Å². The number of unbranched alkanes of at least 4 members (excludes halogenated alkanes) is 1. The number of thioether (sulfide) groups is 1. The number of rotatable bonds is 14. The lowest BCUT2D eigenvalue weighted by Gasteiger charge is -2.41. The summed E-state index contributed by atoms with van der Waals surface area (Å²) in [6.45, 7) is 13.6. The number of aliphatic hydroxyl groups excluding tert-OH is 1. The third-order valence-corrected chi connectivity index (χ3v) is 10.8. The van der Waals surface area contributed by atoms with E-state index in [2.05, 4.69) is 20.1 Å². The molecule has 3 aliphatic heterocycles. The van der Waals surface area contributed by atoms with Gasteiger partial charge in [-0.25, -0.2) is 0 Å². The molecule has 0 radical (unpaired) electrons. The quantitative estimate of drug-likeness (QED) is 0.271. The van der Waals surface area contributed by atoms with E-state index in [4.69, 9.17) is 4.74 Å². The first-order valence-corrected chi connectivity index (χ1v) is 15.2. The van der Waals surface area contributed by atoms with Crippen LogP contribution < -0.4 is 9.64 Å². The van der Waals surface area contributed by atoms with Crippen molar-refractivity contribution in [3.63, 3.8) is 0 Å². The van der Waals surface area contributed by atoms with E-state index in [-0.39, 0.29) is 42.0 Å². The van der Waals surface area contributed by atoms with Crippen molar-refractivity contribution < 1.29 is 24.2 Å². The Morgan fingerprint density at radius 3 is 2.48 bits per heavy atom. The highest BCUT2D eigenvalue weighted by molar-refractivity contribution is 8.02. The second-order valence-electron chi connectivity index (χ2n) is 11.0. The lowest BCUT2D eigenvalue weighted by Crippen LogP contribution is -2.57. The van der Waals surface area contributed by atoms with Gasteiger partial charge in [0.15, 0.2) is 0 Å². The molecule has 3 aliphatic rings. The summed E-state index contributed by atoms with van der Waals surface area (Å²) in [5.41, 5.74) is 0.700. The SMILES string of the molecule is C=CCN(CCC)C(=O)[C@@H]1[C@@H]2CC(C)C3(S2)C(C(=O)N(CC=C)c2ccc(OC)cc2)N(CCCCO)C(=O)[C@H]13. The van der Waals surface area contributed by atoms with Crippen molar-refractivity contribution in [1.29, 1.82) is 0 Å². The number of likely N-dealkylation sites (tertiary alicyclic amines) is 1. The molecule has 3 unspecified atom stereocenters. The summed E-state index contributed by atoms with van der Waals surface area (Å²) in [6.07, 6.45) is 6.15. The van der Waals surface area contributed by atoms with Gasteiger partial charge < -0.3 is 24.5 Å². The van der Waals surface area contributed by atoms with Gasteiger partial charge in [0.25, 0.3) is 5.91 Å². The van der Waals surface area contributed by atoms with E-state index in [1.807, 2.05) is 36.1 Å². The van der Waals surface area contributed by atoms with Crippen LogP contribution in [0.1, 0.15) is 39.5 Å². The van der Waals surface area contributed by atoms with Gasteiger partial charge in [-0.3, -0.25) is 14.4 Å². The monoisotopic (exact) mass is 569 g/mol. The summed E-state index contributed by atoms with van der Waals surface area (Å²) < 4.78 is 4.61. The zero-order chi connectivity index (χ0) is 29.0. The lowest BCUT2D eigenvalue weighted by molar-refractivity contribution is -0.144. The van der Waals surface area contributed by atoms with Gasteiger partial charge in [0.05, 0.1) is 23.7 Å². The summed E-state index contributed by atoms with van der Waals surface area (Å²) in [5.74, 6) is -0.537. The lowest BCUT2D eigenvalue weighted by atomic mass is 9.65. The summed E-state index contributed by atoms with van der Waals surface area (Å²) >= 11 is 1.69. The van der Waals surface area contributed by atoms with Crippen molar-refractivity contribution in [2.45, 2.75) is 55.6 Å². The van der Waals surface area contributed by atoms with E-state index in [0.29, 0.717) is 43.9 Å². The van der Waals surface area contributed by atoms with Crippen molar-refractivity contribution in [3.05, 3.63) is 49.6 Å². The van der Waals surface area contributed by atoms with E-state index in [1.165, 1.54) is 0 Å². The van der Waals surface area contributed by atoms with Crippen LogP contribution in [0.5, 0.6) is 5.75 Å². The van der Waals surface area contributed by atoms with Crippen LogP contribution in [0, 0.1) is 17.8 Å². The summed E-state index contributed by atoms with van der Waals surface area (Å²) in [4.78, 5) is 48.2. The number of nitrogens with zero attached hydrogens (tertiary/aromatic N) is 3. The van der Waals surface area contributed by atoms with E-state index in [0.717, 1.165) is 12.8 Å². The molecule has 9 heteroatoms. The zero-order valence-electron chi connectivity index (χ0n) is 24.0. The Labute approximate surface area is 242 Å². The number of fused-ring (bicyclic) bond motifs is 1. The maximum atomic E-state index is 14.6. The Balaban J connectivity index is 1.77. The number of aliphatic hydroxyl groups is 1. The Morgan fingerprint density at radius 2 is 1.88 bits per heavy atom. The zero-order valence-corrected chi connectivity index (χ0v) is 24.8. The van der Waals surface area contributed by atoms with Crippen LogP contribution in [-0.2, 0) is 14.4 Å². The molecular formula is C31H43N3O5S. The molecule has 3 fully saturated rings. The normalized spacial score (nSPS) is 28.4. The Bertz CT molecular complexity index is 1110. The van der Waals surface area contributed by atoms with Crippen molar-refractivity contribution in [2.24, 2.45) is 17.8 Å². The topological polar surface area (TPSA) is 90.4 Å². The molecule has 8 nitrogen and oxygen atoms in total. The standard InChI is InChI=1S/C31H43N3O5S/c1-6-15-32(16-7-2)28(36)25-24-20-21(4)31(40-24)26(25)29(37)34(18-9-10-19-35)27(31)30(38)33(17-8-3)22-11-13-23(39-5)14-12-22/h6,8,11-14,21,24-27,35H,1,3,7,9-10,15-20H2,2,4-5H3/t21?,24-,25+,26-,27?,31?/m0/s1. The maximum absolute atomic E-state index is 14.6. The third-order valence-electron chi connectivity index (χ3n) is 8.69. The summed E-state index contributed by atoms with van der Waals surface area (Å²) in [6, 6.07) is 6.60. The highest BCUT2D eigenvalue weighted by Crippen LogP contribution is 2.69. The van der Waals surface area contributed by atoms with E-state index in [9.17, 15) is 19.5 Å². The molecule has 1 N–H and O–H groups in total. The molecule has 0 aliphatic carbocycles. The van der Waals surface area contributed by atoms with Gasteiger partial charge in [0.2, 0.25) is 11.8 Å². The molecule has 3 amide bonds. The number of methoxy groups -OCH3 is 1. The molecule has 3 saturated heterocycles. The van der Waals surface area contributed by atoms with E-state index in [1.54, 1.807) is 40.8 Å². The molecule has 218 valence electrons. The molecule has 3 heterocycles. The molecule has 2 bridgehead atoms. The van der Waals surface area contributed by atoms with Gasteiger partial charge in [-0.15, -0.1) is 24.9 Å². The Kier molecular flexibility index (Phi) is 9.67. The predicted octanol–water partition coefficient (Wildman–Crippen LogP) is 3.75. The second kappa shape index (κ2) is 12.8. The minimum absolute atomic E-state index is 0.00659. The van der Waals surface area contributed by atoms with Gasteiger partial charge in [-0.05, 0) is 55.9 Å². The number of carbonyl (C=O) groups excluding carboxylic acids is 3.